The topological polar surface area (TPSA) is 67.4 Å². The molecule has 1 aliphatic rings. The highest BCUT2D eigenvalue weighted by Crippen LogP contribution is 2.33. The van der Waals surface area contributed by atoms with Crippen molar-refractivity contribution in [3.63, 3.8) is 0 Å². The van der Waals surface area contributed by atoms with Crippen LogP contribution in [0, 0.1) is 0 Å². The largest absolute Gasteiger partial charge is 0.462 e. The van der Waals surface area contributed by atoms with E-state index in [0.717, 1.165) is 17.5 Å². The van der Waals surface area contributed by atoms with Crippen LogP contribution in [0.25, 0.3) is 5.70 Å². The van der Waals surface area contributed by atoms with Crippen LogP contribution >= 0.6 is 23.2 Å². The van der Waals surface area contributed by atoms with Crippen LogP contribution < -0.4 is 10.6 Å². The first-order valence-electron chi connectivity index (χ1n) is 9.26. The van der Waals surface area contributed by atoms with Crippen molar-refractivity contribution in [1.82, 2.24) is 5.32 Å². The summed E-state index contributed by atoms with van der Waals surface area (Å²) in [4.78, 5) is 26.0. The Labute approximate surface area is 180 Å². The molecule has 7 heteroatoms. The number of nitrogens with one attached hydrogen (secondary N) is 2. The van der Waals surface area contributed by atoms with Gasteiger partial charge >= 0.3 is 5.97 Å². The number of halogens is 2. The number of ether oxygens (including phenoxy) is 1. The Bertz CT molecular complexity index is 999. The Balaban J connectivity index is 2.12. The zero-order valence-electron chi connectivity index (χ0n) is 16.4. The van der Waals surface area contributed by atoms with Crippen molar-refractivity contribution < 1.29 is 14.3 Å². The lowest BCUT2D eigenvalue weighted by atomic mass is 9.84. The standard InChI is InChI=1S/C22H22Cl2N2O3/c1-4-29-21(28)18(20(27)25-17-10-9-14(23)11-16(17)24)19-15-8-6-5-7-13(15)12-22(2,3)26-19/h5-11,26H,4,12H2,1-3H3,(H,25,27)/b19-18-. The van der Waals surface area contributed by atoms with Crippen molar-refractivity contribution in [2.75, 3.05) is 11.9 Å². The van der Waals surface area contributed by atoms with Crippen LogP contribution in [0.3, 0.4) is 0 Å². The summed E-state index contributed by atoms with van der Waals surface area (Å²) in [5.41, 5.74) is 2.19. The number of hydrogen-bond donors (Lipinski definition) is 2. The van der Waals surface area contributed by atoms with Crippen LogP contribution in [-0.4, -0.2) is 24.0 Å². The van der Waals surface area contributed by atoms with E-state index in [-0.39, 0.29) is 22.7 Å². The fourth-order valence-corrected chi connectivity index (χ4v) is 3.78. The number of amides is 1. The monoisotopic (exact) mass is 432 g/mol. The smallest absolute Gasteiger partial charge is 0.345 e. The summed E-state index contributed by atoms with van der Waals surface area (Å²) in [6.07, 6.45) is 0.757. The van der Waals surface area contributed by atoms with Gasteiger partial charge in [-0.15, -0.1) is 0 Å². The zero-order chi connectivity index (χ0) is 21.2. The van der Waals surface area contributed by atoms with Crippen molar-refractivity contribution in [3.8, 4) is 0 Å². The van der Waals surface area contributed by atoms with E-state index in [2.05, 4.69) is 10.6 Å². The van der Waals surface area contributed by atoms with E-state index in [1.54, 1.807) is 19.1 Å². The quantitative estimate of drug-likeness (QED) is 0.314. The van der Waals surface area contributed by atoms with Crippen molar-refractivity contribution >= 4 is 46.5 Å². The molecule has 0 aliphatic carbocycles. The first-order valence-corrected chi connectivity index (χ1v) is 10.0. The summed E-state index contributed by atoms with van der Waals surface area (Å²) in [5.74, 6) is -1.31. The molecule has 2 N–H and O–H groups in total. The van der Waals surface area contributed by atoms with E-state index >= 15 is 0 Å². The zero-order valence-corrected chi connectivity index (χ0v) is 17.9. The number of carbonyl (C=O) groups is 2. The number of rotatable bonds is 4. The van der Waals surface area contributed by atoms with Gasteiger partial charge in [0.05, 0.1) is 23.0 Å². The third-order valence-corrected chi connectivity index (χ3v) is 5.07. The lowest BCUT2D eigenvalue weighted by Crippen LogP contribution is -2.45. The fraction of sp³-hybridized carbons (Fsp3) is 0.273. The minimum atomic E-state index is -0.704. The molecule has 0 saturated heterocycles. The van der Waals surface area contributed by atoms with Gasteiger partial charge in [0.1, 0.15) is 5.57 Å². The van der Waals surface area contributed by atoms with Gasteiger partial charge in [-0.3, -0.25) is 4.79 Å². The highest BCUT2D eigenvalue weighted by atomic mass is 35.5. The van der Waals surface area contributed by atoms with Crippen LogP contribution in [0.4, 0.5) is 5.69 Å². The van der Waals surface area contributed by atoms with E-state index < -0.39 is 11.9 Å². The summed E-state index contributed by atoms with van der Waals surface area (Å²) in [5, 5.41) is 6.77. The maximum Gasteiger partial charge on any atom is 0.345 e. The Hall–Kier alpha value is -2.50. The number of benzene rings is 2. The molecule has 1 aliphatic heterocycles. The van der Waals surface area contributed by atoms with Crippen molar-refractivity contribution in [2.24, 2.45) is 0 Å². The number of hydrogen-bond acceptors (Lipinski definition) is 4. The lowest BCUT2D eigenvalue weighted by molar-refractivity contribution is -0.139. The van der Waals surface area contributed by atoms with Gasteiger partial charge in [-0.05, 0) is 51.0 Å². The van der Waals surface area contributed by atoms with Crippen LogP contribution in [0.2, 0.25) is 10.0 Å². The molecule has 1 amide bonds. The molecule has 29 heavy (non-hydrogen) atoms. The van der Waals surface area contributed by atoms with Crippen LogP contribution in [0.1, 0.15) is 31.9 Å². The van der Waals surface area contributed by atoms with E-state index in [0.29, 0.717) is 16.4 Å². The summed E-state index contributed by atoms with van der Waals surface area (Å²) in [7, 11) is 0. The number of fused-ring (bicyclic) bond motifs is 1. The van der Waals surface area contributed by atoms with Gasteiger partial charge in [0.25, 0.3) is 5.91 Å². The Morgan fingerprint density at radius 1 is 1.17 bits per heavy atom. The molecule has 0 radical (unpaired) electrons. The lowest BCUT2D eigenvalue weighted by Gasteiger charge is -2.36. The summed E-state index contributed by atoms with van der Waals surface area (Å²) < 4.78 is 5.20. The third-order valence-electron chi connectivity index (χ3n) is 4.52. The molecule has 1 heterocycles. The third kappa shape index (κ3) is 4.74. The molecular formula is C22H22Cl2N2O3. The van der Waals surface area contributed by atoms with E-state index in [9.17, 15) is 9.59 Å². The molecule has 2 aromatic carbocycles. The molecule has 2 aromatic rings. The molecule has 5 nitrogen and oxygen atoms in total. The number of carbonyl (C=O) groups excluding carboxylic acids is 2. The van der Waals surface area contributed by atoms with Gasteiger partial charge in [-0.2, -0.15) is 0 Å². The fourth-order valence-electron chi connectivity index (χ4n) is 3.33. The Morgan fingerprint density at radius 2 is 1.90 bits per heavy atom. The average molecular weight is 433 g/mol. The summed E-state index contributed by atoms with van der Waals surface area (Å²) in [6, 6.07) is 12.4. The highest BCUT2D eigenvalue weighted by Gasteiger charge is 2.34. The van der Waals surface area contributed by atoms with Crippen molar-refractivity contribution in [1.29, 1.82) is 0 Å². The number of esters is 1. The SMILES string of the molecule is CCOC(=O)/C(C(=O)Nc1ccc(Cl)cc1Cl)=C1\NC(C)(C)Cc2ccccc21. The van der Waals surface area contributed by atoms with Crippen LogP contribution in [0.5, 0.6) is 0 Å². The van der Waals surface area contributed by atoms with Gasteiger partial charge < -0.3 is 15.4 Å². The van der Waals surface area contributed by atoms with Gasteiger partial charge in [-0.1, -0.05) is 47.5 Å². The predicted octanol–water partition coefficient (Wildman–Crippen LogP) is 4.83. The molecule has 0 atom stereocenters. The molecule has 0 unspecified atom stereocenters. The number of anilines is 1. The maximum atomic E-state index is 13.2. The summed E-state index contributed by atoms with van der Waals surface area (Å²) >= 11 is 12.1. The first-order chi connectivity index (χ1) is 13.7. The molecule has 0 fully saturated rings. The van der Waals surface area contributed by atoms with Crippen molar-refractivity contribution in [2.45, 2.75) is 32.7 Å². The van der Waals surface area contributed by atoms with Crippen LogP contribution in [-0.2, 0) is 20.7 Å². The van der Waals surface area contributed by atoms with Gasteiger partial charge in [0.2, 0.25) is 0 Å². The minimum Gasteiger partial charge on any atom is -0.462 e. The van der Waals surface area contributed by atoms with Gasteiger partial charge in [0, 0.05) is 16.1 Å². The van der Waals surface area contributed by atoms with Crippen molar-refractivity contribution in [3.05, 3.63) is 69.2 Å². The molecular weight excluding hydrogens is 411 g/mol. The normalized spacial score (nSPS) is 16.3. The van der Waals surface area contributed by atoms with Gasteiger partial charge in [0.15, 0.2) is 0 Å². The van der Waals surface area contributed by atoms with E-state index in [4.69, 9.17) is 27.9 Å². The predicted molar refractivity (Wildman–Crippen MR) is 116 cm³/mol. The molecule has 0 saturated carbocycles. The van der Waals surface area contributed by atoms with E-state index in [1.165, 1.54) is 6.07 Å². The second-order valence-corrected chi connectivity index (χ2v) is 8.24. The molecule has 0 spiro atoms. The van der Waals surface area contributed by atoms with Crippen LogP contribution in [0.15, 0.2) is 48.0 Å². The minimum absolute atomic E-state index is 0.0990. The Morgan fingerprint density at radius 3 is 2.59 bits per heavy atom. The first kappa shape index (κ1) is 21.2. The molecule has 0 bridgehead atoms. The molecule has 0 aromatic heterocycles. The second kappa shape index (κ2) is 8.47. The average Bonchev–Trinajstić information content (AvgIpc) is 2.63. The Kier molecular flexibility index (Phi) is 6.20. The summed E-state index contributed by atoms with van der Waals surface area (Å²) in [6.45, 7) is 5.87. The van der Waals surface area contributed by atoms with E-state index in [1.807, 2.05) is 38.1 Å². The second-order valence-electron chi connectivity index (χ2n) is 7.39. The maximum absolute atomic E-state index is 13.2. The highest BCUT2D eigenvalue weighted by molar-refractivity contribution is 6.37. The molecule has 152 valence electrons. The molecule has 3 rings (SSSR count). The van der Waals surface area contributed by atoms with Gasteiger partial charge in [-0.25, -0.2) is 4.79 Å².